The number of likely N-dealkylation sites (tertiary alicyclic amines) is 1. The zero-order chi connectivity index (χ0) is 19.2. The summed E-state index contributed by atoms with van der Waals surface area (Å²) in [5, 5.41) is 2.81. The maximum atomic E-state index is 13.1. The minimum absolute atomic E-state index is 0.162. The Hall–Kier alpha value is -2.82. The number of nitrogens with zero attached hydrogens (tertiary/aromatic N) is 1. The lowest BCUT2D eigenvalue weighted by Gasteiger charge is -2.22. The van der Waals surface area contributed by atoms with Gasteiger partial charge in [0.25, 0.3) is 11.8 Å². The van der Waals surface area contributed by atoms with Crippen LogP contribution in [0.4, 0.5) is 0 Å². The van der Waals surface area contributed by atoms with Gasteiger partial charge in [0.2, 0.25) is 0 Å². The van der Waals surface area contributed by atoms with Crippen molar-refractivity contribution in [1.29, 1.82) is 0 Å². The Morgan fingerprint density at radius 3 is 2.41 bits per heavy atom. The number of rotatable bonds is 4. The van der Waals surface area contributed by atoms with E-state index in [4.69, 9.17) is 4.42 Å². The van der Waals surface area contributed by atoms with Gasteiger partial charge in [-0.15, -0.1) is 0 Å². The second-order valence-corrected chi connectivity index (χ2v) is 7.03. The van der Waals surface area contributed by atoms with Crippen molar-refractivity contribution in [2.75, 3.05) is 13.1 Å². The molecule has 0 atom stereocenters. The summed E-state index contributed by atoms with van der Waals surface area (Å²) in [5.41, 5.74) is 2.94. The topological polar surface area (TPSA) is 62.6 Å². The Bertz CT molecular complexity index is 829. The zero-order valence-corrected chi connectivity index (χ0v) is 16.0. The Kier molecular flexibility index (Phi) is 6.12. The molecule has 1 aromatic heterocycles. The van der Waals surface area contributed by atoms with Crippen LogP contribution >= 0.6 is 0 Å². The van der Waals surface area contributed by atoms with Crippen molar-refractivity contribution in [3.8, 4) is 0 Å². The van der Waals surface area contributed by atoms with E-state index in [9.17, 15) is 9.59 Å². The Labute approximate surface area is 160 Å². The number of hydrogen-bond acceptors (Lipinski definition) is 3. The van der Waals surface area contributed by atoms with Crippen LogP contribution in [0.2, 0.25) is 0 Å². The van der Waals surface area contributed by atoms with Crippen LogP contribution < -0.4 is 5.32 Å². The molecule has 0 bridgehead atoms. The lowest BCUT2D eigenvalue weighted by atomic mass is 10.1. The fraction of sp³-hybridized carbons (Fsp3) is 0.364. The highest BCUT2D eigenvalue weighted by molar-refractivity contribution is 6.05. The summed E-state index contributed by atoms with van der Waals surface area (Å²) in [6.07, 6.45) is 7.40. The summed E-state index contributed by atoms with van der Waals surface area (Å²) in [6, 6.07) is 9.05. The first-order chi connectivity index (χ1) is 13.0. The summed E-state index contributed by atoms with van der Waals surface area (Å²) in [5.74, 6) is 0.0816. The molecule has 1 N–H and O–H groups in total. The second-order valence-electron chi connectivity index (χ2n) is 7.03. The van der Waals surface area contributed by atoms with E-state index in [1.54, 1.807) is 30.5 Å². The molecule has 0 spiro atoms. The first kappa shape index (κ1) is 19.0. The van der Waals surface area contributed by atoms with E-state index in [0.29, 0.717) is 24.4 Å². The number of furan rings is 1. The summed E-state index contributed by atoms with van der Waals surface area (Å²) < 4.78 is 5.35. The standard InChI is InChI=1S/C22H26N2O3/c1-16-9-10-18(14-17(16)2)21(25)23-20(15-19-8-7-13-27-19)22(26)24-11-5-3-4-6-12-24/h7-10,13-15H,3-6,11-12H2,1-2H3,(H,23,25). The van der Waals surface area contributed by atoms with E-state index in [2.05, 4.69) is 5.32 Å². The Balaban J connectivity index is 1.84. The number of benzene rings is 1. The molecule has 3 rings (SSSR count). The minimum atomic E-state index is -0.293. The number of carbonyl (C=O) groups excluding carboxylic acids is 2. The van der Waals surface area contributed by atoms with Gasteiger partial charge in [-0.1, -0.05) is 18.9 Å². The van der Waals surface area contributed by atoms with Gasteiger partial charge >= 0.3 is 0 Å². The molecule has 1 aliphatic heterocycles. The highest BCUT2D eigenvalue weighted by atomic mass is 16.3. The van der Waals surface area contributed by atoms with E-state index in [0.717, 1.165) is 36.8 Å². The Morgan fingerprint density at radius 2 is 1.78 bits per heavy atom. The van der Waals surface area contributed by atoms with E-state index in [1.165, 1.54) is 0 Å². The van der Waals surface area contributed by atoms with Gasteiger partial charge in [0.15, 0.2) is 0 Å². The highest BCUT2D eigenvalue weighted by Crippen LogP contribution is 2.15. The molecular weight excluding hydrogens is 340 g/mol. The van der Waals surface area contributed by atoms with Gasteiger partial charge in [0, 0.05) is 24.7 Å². The van der Waals surface area contributed by atoms with Gasteiger partial charge in [-0.2, -0.15) is 0 Å². The van der Waals surface area contributed by atoms with Crippen LogP contribution in [0.5, 0.6) is 0 Å². The number of amides is 2. The predicted molar refractivity (Wildman–Crippen MR) is 105 cm³/mol. The molecule has 2 heterocycles. The van der Waals surface area contributed by atoms with Crippen molar-refractivity contribution >= 4 is 17.9 Å². The van der Waals surface area contributed by atoms with E-state index in [1.807, 2.05) is 30.9 Å². The van der Waals surface area contributed by atoms with Gasteiger partial charge < -0.3 is 14.6 Å². The van der Waals surface area contributed by atoms with Crippen LogP contribution in [-0.4, -0.2) is 29.8 Å². The summed E-state index contributed by atoms with van der Waals surface area (Å²) >= 11 is 0. The average molecular weight is 366 g/mol. The minimum Gasteiger partial charge on any atom is -0.465 e. The maximum Gasteiger partial charge on any atom is 0.270 e. The number of hydrogen-bond donors (Lipinski definition) is 1. The van der Waals surface area contributed by atoms with Gasteiger partial charge in [-0.3, -0.25) is 9.59 Å². The largest absolute Gasteiger partial charge is 0.465 e. The predicted octanol–water partition coefficient (Wildman–Crippen LogP) is 4.07. The number of nitrogens with one attached hydrogen (secondary N) is 1. The molecule has 0 radical (unpaired) electrons. The molecule has 2 amide bonds. The molecule has 1 saturated heterocycles. The van der Waals surface area contributed by atoms with Crippen molar-refractivity contribution in [2.45, 2.75) is 39.5 Å². The van der Waals surface area contributed by atoms with Crippen molar-refractivity contribution in [3.63, 3.8) is 0 Å². The molecule has 1 fully saturated rings. The molecule has 1 aliphatic rings. The molecular formula is C22H26N2O3. The lowest BCUT2D eigenvalue weighted by molar-refractivity contribution is -0.127. The third-order valence-electron chi connectivity index (χ3n) is 4.97. The first-order valence-corrected chi connectivity index (χ1v) is 9.47. The lowest BCUT2D eigenvalue weighted by Crippen LogP contribution is -2.39. The van der Waals surface area contributed by atoms with Crippen molar-refractivity contribution < 1.29 is 14.0 Å². The molecule has 5 nitrogen and oxygen atoms in total. The molecule has 0 aliphatic carbocycles. The molecule has 142 valence electrons. The van der Waals surface area contributed by atoms with E-state index < -0.39 is 0 Å². The molecule has 2 aromatic rings. The van der Waals surface area contributed by atoms with Crippen molar-refractivity contribution in [3.05, 3.63) is 64.7 Å². The van der Waals surface area contributed by atoms with Crippen LogP contribution in [0.3, 0.4) is 0 Å². The summed E-state index contributed by atoms with van der Waals surface area (Å²) in [4.78, 5) is 27.6. The fourth-order valence-electron chi connectivity index (χ4n) is 3.19. The van der Waals surface area contributed by atoms with Crippen LogP contribution in [0, 0.1) is 13.8 Å². The summed E-state index contributed by atoms with van der Waals surface area (Å²) in [6.45, 7) is 5.40. The van der Waals surface area contributed by atoms with Gasteiger partial charge in [0.05, 0.1) is 6.26 Å². The van der Waals surface area contributed by atoms with E-state index in [-0.39, 0.29) is 17.5 Å². The van der Waals surface area contributed by atoms with Crippen LogP contribution in [0.15, 0.2) is 46.7 Å². The quantitative estimate of drug-likeness (QED) is 0.830. The SMILES string of the molecule is Cc1ccc(C(=O)NC(=Cc2ccco2)C(=O)N2CCCCCC2)cc1C. The molecule has 0 unspecified atom stereocenters. The third kappa shape index (κ3) is 4.88. The molecule has 1 aromatic carbocycles. The van der Waals surface area contributed by atoms with E-state index >= 15 is 0 Å². The average Bonchev–Trinajstić information content (AvgIpc) is 3.02. The normalized spacial score (nSPS) is 15.3. The Morgan fingerprint density at radius 1 is 1.04 bits per heavy atom. The van der Waals surface area contributed by atoms with Crippen LogP contribution in [-0.2, 0) is 4.79 Å². The smallest absolute Gasteiger partial charge is 0.270 e. The maximum absolute atomic E-state index is 13.1. The van der Waals surface area contributed by atoms with Crippen molar-refractivity contribution in [1.82, 2.24) is 10.2 Å². The molecule has 5 heteroatoms. The fourth-order valence-corrected chi connectivity index (χ4v) is 3.19. The molecule has 27 heavy (non-hydrogen) atoms. The van der Waals surface area contributed by atoms with Crippen molar-refractivity contribution in [2.24, 2.45) is 0 Å². The van der Waals surface area contributed by atoms with Crippen LogP contribution in [0.25, 0.3) is 6.08 Å². The highest BCUT2D eigenvalue weighted by Gasteiger charge is 2.22. The number of aryl methyl sites for hydroxylation is 2. The first-order valence-electron chi connectivity index (χ1n) is 9.47. The van der Waals surface area contributed by atoms with Gasteiger partial charge in [-0.25, -0.2) is 0 Å². The van der Waals surface area contributed by atoms with Gasteiger partial charge in [0.1, 0.15) is 11.5 Å². The molecule has 0 saturated carbocycles. The monoisotopic (exact) mass is 366 g/mol. The van der Waals surface area contributed by atoms with Gasteiger partial charge in [-0.05, 0) is 62.1 Å². The summed E-state index contributed by atoms with van der Waals surface area (Å²) in [7, 11) is 0. The third-order valence-corrected chi connectivity index (χ3v) is 4.97. The van der Waals surface area contributed by atoms with Crippen LogP contribution in [0.1, 0.15) is 52.9 Å². The number of carbonyl (C=O) groups is 2. The second kappa shape index (κ2) is 8.71. The zero-order valence-electron chi connectivity index (χ0n) is 16.0.